The van der Waals surface area contributed by atoms with Crippen LogP contribution < -0.4 is 5.32 Å². The number of rotatable bonds is 3. The van der Waals surface area contributed by atoms with E-state index < -0.39 is 0 Å². The zero-order valence-corrected chi connectivity index (χ0v) is 15.5. The van der Waals surface area contributed by atoms with E-state index in [0.717, 1.165) is 35.3 Å². The Morgan fingerprint density at radius 2 is 1.96 bits per heavy atom. The van der Waals surface area contributed by atoms with Crippen molar-refractivity contribution < 1.29 is 4.79 Å². The molecule has 0 aliphatic carbocycles. The number of aromatic nitrogens is 4. The number of nitrogens with one attached hydrogen (secondary N) is 1. The van der Waals surface area contributed by atoms with Gasteiger partial charge in [-0.2, -0.15) is 0 Å². The van der Waals surface area contributed by atoms with Crippen LogP contribution in [0.4, 0.5) is 5.95 Å². The van der Waals surface area contributed by atoms with Crippen LogP contribution in [0, 0.1) is 6.92 Å². The van der Waals surface area contributed by atoms with Crippen LogP contribution in [-0.4, -0.2) is 50.9 Å². The zero-order chi connectivity index (χ0) is 18.8. The molecule has 4 rings (SSSR count). The summed E-state index contributed by atoms with van der Waals surface area (Å²) >= 11 is 0. The van der Waals surface area contributed by atoms with Gasteiger partial charge in [-0.3, -0.25) is 4.79 Å². The molecule has 1 amide bonds. The minimum absolute atomic E-state index is 0.0383. The molecule has 0 saturated carbocycles. The van der Waals surface area contributed by atoms with Gasteiger partial charge in [-0.1, -0.05) is 0 Å². The number of piperidine rings is 1. The Labute approximate surface area is 157 Å². The van der Waals surface area contributed by atoms with Crippen molar-refractivity contribution in [2.45, 2.75) is 25.7 Å². The van der Waals surface area contributed by atoms with Crippen molar-refractivity contribution in [3.63, 3.8) is 0 Å². The molecule has 3 aromatic heterocycles. The average Bonchev–Trinajstić information content (AvgIpc) is 2.72. The van der Waals surface area contributed by atoms with Gasteiger partial charge in [0.15, 0.2) is 5.65 Å². The molecule has 1 aliphatic rings. The molecule has 7 nitrogen and oxygen atoms in total. The first-order valence-corrected chi connectivity index (χ1v) is 9.18. The quantitative estimate of drug-likeness (QED) is 0.771. The molecular weight excluding hydrogens is 340 g/mol. The van der Waals surface area contributed by atoms with Gasteiger partial charge in [-0.15, -0.1) is 0 Å². The van der Waals surface area contributed by atoms with Crippen molar-refractivity contribution in [3.8, 4) is 0 Å². The molecule has 7 heteroatoms. The SMILES string of the molecule is CNc1nc(C)cc(C(=O)N2CCC(c3ccc4cccnc4n3)CC2)n1. The van der Waals surface area contributed by atoms with Crippen LogP contribution in [0.1, 0.15) is 40.6 Å². The van der Waals surface area contributed by atoms with E-state index in [1.165, 1.54) is 0 Å². The molecule has 0 unspecified atom stereocenters. The smallest absolute Gasteiger partial charge is 0.272 e. The van der Waals surface area contributed by atoms with E-state index in [9.17, 15) is 4.79 Å². The predicted octanol–water partition coefficient (Wildman–Crippen LogP) is 2.79. The van der Waals surface area contributed by atoms with Crippen molar-refractivity contribution in [3.05, 3.63) is 53.6 Å². The molecule has 1 N–H and O–H groups in total. The van der Waals surface area contributed by atoms with Crippen molar-refractivity contribution in [1.29, 1.82) is 0 Å². The van der Waals surface area contributed by atoms with Crippen LogP contribution >= 0.6 is 0 Å². The van der Waals surface area contributed by atoms with Gasteiger partial charge in [0.25, 0.3) is 5.91 Å². The van der Waals surface area contributed by atoms with E-state index in [4.69, 9.17) is 4.98 Å². The Morgan fingerprint density at radius 1 is 1.15 bits per heavy atom. The molecule has 4 heterocycles. The minimum Gasteiger partial charge on any atom is -0.357 e. The number of aryl methyl sites for hydroxylation is 1. The maximum atomic E-state index is 12.8. The Bertz CT molecular complexity index is 981. The summed E-state index contributed by atoms with van der Waals surface area (Å²) in [5.41, 5.74) is 3.06. The third kappa shape index (κ3) is 3.58. The van der Waals surface area contributed by atoms with Crippen LogP contribution in [0.15, 0.2) is 36.5 Å². The lowest BCUT2D eigenvalue weighted by atomic mass is 9.92. The van der Waals surface area contributed by atoms with Crippen LogP contribution in [0.2, 0.25) is 0 Å². The van der Waals surface area contributed by atoms with Crippen LogP contribution in [0.5, 0.6) is 0 Å². The summed E-state index contributed by atoms with van der Waals surface area (Å²) in [6.07, 6.45) is 3.55. The Kier molecular flexibility index (Phi) is 4.66. The summed E-state index contributed by atoms with van der Waals surface area (Å²) in [5, 5.41) is 3.95. The monoisotopic (exact) mass is 362 g/mol. The molecule has 0 radical (unpaired) electrons. The minimum atomic E-state index is -0.0383. The normalized spacial score (nSPS) is 15.1. The number of carbonyl (C=O) groups excluding carboxylic acids is 1. The van der Waals surface area contributed by atoms with Crippen molar-refractivity contribution >= 4 is 22.9 Å². The third-order valence-electron chi connectivity index (χ3n) is 4.98. The second-order valence-corrected chi connectivity index (χ2v) is 6.82. The number of hydrogen-bond acceptors (Lipinski definition) is 6. The highest BCUT2D eigenvalue weighted by Gasteiger charge is 2.26. The Hall–Kier alpha value is -3.09. The highest BCUT2D eigenvalue weighted by molar-refractivity contribution is 5.92. The fourth-order valence-corrected chi connectivity index (χ4v) is 3.53. The Morgan fingerprint density at radius 3 is 2.74 bits per heavy atom. The summed E-state index contributed by atoms with van der Waals surface area (Å²) in [4.78, 5) is 32.3. The van der Waals surface area contributed by atoms with E-state index in [1.54, 1.807) is 19.3 Å². The molecule has 1 saturated heterocycles. The number of likely N-dealkylation sites (tertiary alicyclic amines) is 1. The molecule has 0 aromatic carbocycles. The lowest BCUT2D eigenvalue weighted by molar-refractivity contribution is 0.0706. The van der Waals surface area contributed by atoms with E-state index >= 15 is 0 Å². The fraction of sp³-hybridized carbons (Fsp3) is 0.350. The Balaban J connectivity index is 1.46. The fourth-order valence-electron chi connectivity index (χ4n) is 3.53. The number of pyridine rings is 2. The summed E-state index contributed by atoms with van der Waals surface area (Å²) in [5.74, 6) is 0.783. The molecule has 27 heavy (non-hydrogen) atoms. The first-order chi connectivity index (χ1) is 13.1. The molecule has 0 bridgehead atoms. The van der Waals surface area contributed by atoms with Crippen molar-refractivity contribution in [2.75, 3.05) is 25.5 Å². The summed E-state index contributed by atoms with van der Waals surface area (Å²) in [7, 11) is 1.75. The van der Waals surface area contributed by atoms with Gasteiger partial charge in [-0.05, 0) is 50.1 Å². The van der Waals surface area contributed by atoms with E-state index in [2.05, 4.69) is 32.4 Å². The van der Waals surface area contributed by atoms with Crippen LogP contribution in [0.3, 0.4) is 0 Å². The van der Waals surface area contributed by atoms with Gasteiger partial charge in [-0.25, -0.2) is 19.9 Å². The summed E-state index contributed by atoms with van der Waals surface area (Å²) < 4.78 is 0. The predicted molar refractivity (Wildman–Crippen MR) is 104 cm³/mol. The van der Waals surface area contributed by atoms with Gasteiger partial charge in [0.05, 0.1) is 0 Å². The molecule has 0 spiro atoms. The number of anilines is 1. The first-order valence-electron chi connectivity index (χ1n) is 9.18. The van der Waals surface area contributed by atoms with E-state index in [1.807, 2.05) is 24.0 Å². The lowest BCUT2D eigenvalue weighted by Gasteiger charge is -2.31. The summed E-state index contributed by atoms with van der Waals surface area (Å²) in [6, 6.07) is 9.84. The van der Waals surface area contributed by atoms with Crippen molar-refractivity contribution in [1.82, 2.24) is 24.8 Å². The van der Waals surface area contributed by atoms with Gasteiger partial charge in [0.1, 0.15) is 5.69 Å². The molecule has 0 atom stereocenters. The first kappa shape index (κ1) is 17.3. The maximum absolute atomic E-state index is 12.8. The van der Waals surface area contributed by atoms with E-state index in [0.29, 0.717) is 30.6 Å². The van der Waals surface area contributed by atoms with E-state index in [-0.39, 0.29) is 5.91 Å². The van der Waals surface area contributed by atoms with Gasteiger partial charge >= 0.3 is 0 Å². The molecule has 138 valence electrons. The molecule has 3 aromatic rings. The van der Waals surface area contributed by atoms with Gasteiger partial charge < -0.3 is 10.2 Å². The highest BCUT2D eigenvalue weighted by Crippen LogP contribution is 2.28. The number of nitrogens with zero attached hydrogens (tertiary/aromatic N) is 5. The van der Waals surface area contributed by atoms with Crippen LogP contribution in [0.25, 0.3) is 11.0 Å². The largest absolute Gasteiger partial charge is 0.357 e. The lowest BCUT2D eigenvalue weighted by Crippen LogP contribution is -2.38. The number of fused-ring (bicyclic) bond motifs is 1. The topological polar surface area (TPSA) is 83.9 Å². The molecule has 1 aliphatic heterocycles. The van der Waals surface area contributed by atoms with Crippen LogP contribution in [-0.2, 0) is 0 Å². The number of hydrogen-bond donors (Lipinski definition) is 1. The second kappa shape index (κ2) is 7.26. The summed E-state index contributed by atoms with van der Waals surface area (Å²) in [6.45, 7) is 3.26. The highest BCUT2D eigenvalue weighted by atomic mass is 16.2. The third-order valence-corrected chi connectivity index (χ3v) is 4.98. The number of amides is 1. The van der Waals surface area contributed by atoms with Gasteiger partial charge in [0, 0.05) is 49.0 Å². The standard InChI is InChI=1S/C20H22N6O/c1-13-12-17(25-20(21-2)23-13)19(27)26-10-7-14(8-11-26)16-6-5-15-4-3-9-22-18(15)24-16/h3-6,9,12,14H,7-8,10-11H2,1-2H3,(H,21,23,25). The average molecular weight is 362 g/mol. The van der Waals surface area contributed by atoms with Gasteiger partial charge in [0.2, 0.25) is 5.95 Å². The zero-order valence-electron chi connectivity index (χ0n) is 15.5. The maximum Gasteiger partial charge on any atom is 0.272 e. The molecule has 1 fully saturated rings. The molecular formula is C20H22N6O. The second-order valence-electron chi connectivity index (χ2n) is 6.82. The number of carbonyl (C=O) groups is 1. The van der Waals surface area contributed by atoms with Crippen molar-refractivity contribution in [2.24, 2.45) is 0 Å².